The summed E-state index contributed by atoms with van der Waals surface area (Å²) in [6, 6.07) is 0. The Labute approximate surface area is 104 Å². The topological polar surface area (TPSA) is 80.9 Å². The van der Waals surface area contributed by atoms with Crippen LogP contribution in [0.4, 0.5) is 0 Å². The minimum atomic E-state index is -0.348. The average Bonchev–Trinajstić information content (AvgIpc) is 2.73. The molecule has 7 heteroatoms. The van der Waals surface area contributed by atoms with E-state index in [0.29, 0.717) is 15.9 Å². The first-order chi connectivity index (χ1) is 7.56. The highest BCUT2D eigenvalue weighted by atomic mass is 32.2. The Balaban J connectivity index is 2.76. The smallest absolute Gasteiger partial charge is 0.282 e. The van der Waals surface area contributed by atoms with Crippen molar-refractivity contribution in [3.05, 3.63) is 5.01 Å². The standard InChI is InChI=1S/C9H16N4OS2/c1-3-9(4-2,5-10)11-6(14)7-12-13-8(15)16-7/h3-5,10H2,1-2H3,(H,11,14)(H,13,15). The van der Waals surface area contributed by atoms with Gasteiger partial charge < -0.3 is 11.1 Å². The van der Waals surface area contributed by atoms with Crippen LogP contribution in [0.1, 0.15) is 36.5 Å². The summed E-state index contributed by atoms with van der Waals surface area (Å²) in [5, 5.41) is 10.7. The lowest BCUT2D eigenvalue weighted by Gasteiger charge is -2.30. The molecule has 0 spiro atoms. The SMILES string of the molecule is CCC(CC)(CN)NC(=O)c1nnc(S)s1. The van der Waals surface area contributed by atoms with Crippen LogP contribution in [0.5, 0.6) is 0 Å². The Hall–Kier alpha value is -0.660. The first-order valence-electron chi connectivity index (χ1n) is 5.12. The van der Waals surface area contributed by atoms with Crippen molar-refractivity contribution in [3.8, 4) is 0 Å². The van der Waals surface area contributed by atoms with Crippen molar-refractivity contribution in [2.75, 3.05) is 6.54 Å². The van der Waals surface area contributed by atoms with Crippen molar-refractivity contribution in [3.63, 3.8) is 0 Å². The van der Waals surface area contributed by atoms with Gasteiger partial charge in [0.2, 0.25) is 5.01 Å². The third-order valence-corrected chi connectivity index (χ3v) is 3.82. The van der Waals surface area contributed by atoms with Crippen molar-refractivity contribution in [1.29, 1.82) is 0 Å². The number of carbonyl (C=O) groups is 1. The number of rotatable bonds is 5. The van der Waals surface area contributed by atoms with Gasteiger partial charge in [-0.25, -0.2) is 0 Å². The molecule has 0 saturated carbocycles. The predicted octanol–water partition coefficient (Wildman–Crippen LogP) is 1.07. The molecule has 1 aromatic rings. The summed E-state index contributed by atoms with van der Waals surface area (Å²) in [5.41, 5.74) is 5.35. The summed E-state index contributed by atoms with van der Waals surface area (Å²) < 4.78 is 0.483. The van der Waals surface area contributed by atoms with Crippen LogP contribution in [0.2, 0.25) is 0 Å². The fourth-order valence-corrected chi connectivity index (χ4v) is 2.15. The Bertz CT molecular complexity index is 354. The van der Waals surface area contributed by atoms with E-state index in [1.165, 1.54) is 0 Å². The number of hydrogen-bond acceptors (Lipinski definition) is 6. The summed E-state index contributed by atoms with van der Waals surface area (Å²) in [5.74, 6) is -0.230. The summed E-state index contributed by atoms with van der Waals surface area (Å²) in [6.07, 6.45) is 1.58. The van der Waals surface area contributed by atoms with Gasteiger partial charge >= 0.3 is 0 Å². The molecule has 0 atom stereocenters. The highest BCUT2D eigenvalue weighted by Gasteiger charge is 2.28. The van der Waals surface area contributed by atoms with Gasteiger partial charge in [0, 0.05) is 6.54 Å². The van der Waals surface area contributed by atoms with Crippen LogP contribution in [-0.2, 0) is 0 Å². The molecule has 0 bridgehead atoms. The van der Waals surface area contributed by atoms with Gasteiger partial charge in [-0.1, -0.05) is 25.2 Å². The second kappa shape index (κ2) is 5.60. The minimum Gasteiger partial charge on any atom is -0.343 e. The molecule has 0 aromatic carbocycles. The molecule has 16 heavy (non-hydrogen) atoms. The average molecular weight is 260 g/mol. The van der Waals surface area contributed by atoms with E-state index >= 15 is 0 Å². The number of hydrogen-bond donors (Lipinski definition) is 3. The third-order valence-electron chi connectivity index (χ3n) is 2.73. The van der Waals surface area contributed by atoms with Crippen LogP contribution in [0.25, 0.3) is 0 Å². The maximum absolute atomic E-state index is 11.9. The molecular weight excluding hydrogens is 244 g/mol. The highest BCUT2D eigenvalue weighted by molar-refractivity contribution is 7.82. The Kier molecular flexibility index (Phi) is 4.69. The number of aromatic nitrogens is 2. The minimum absolute atomic E-state index is 0.230. The third kappa shape index (κ3) is 2.93. The second-order valence-electron chi connectivity index (χ2n) is 3.54. The van der Waals surface area contributed by atoms with Gasteiger partial charge in [0.1, 0.15) is 0 Å². The number of nitrogens with one attached hydrogen (secondary N) is 1. The van der Waals surface area contributed by atoms with Gasteiger partial charge in [0.05, 0.1) is 5.54 Å². The molecule has 0 radical (unpaired) electrons. The normalized spacial score (nSPS) is 11.5. The zero-order valence-corrected chi connectivity index (χ0v) is 11.1. The quantitative estimate of drug-likeness (QED) is 0.692. The maximum atomic E-state index is 11.9. The van der Waals surface area contributed by atoms with Crippen molar-refractivity contribution in [1.82, 2.24) is 15.5 Å². The molecule has 0 aliphatic rings. The zero-order chi connectivity index (χ0) is 12.2. The van der Waals surface area contributed by atoms with Crippen molar-refractivity contribution in [2.24, 2.45) is 5.73 Å². The highest BCUT2D eigenvalue weighted by Crippen LogP contribution is 2.17. The van der Waals surface area contributed by atoms with Crippen LogP contribution < -0.4 is 11.1 Å². The first-order valence-corrected chi connectivity index (χ1v) is 6.38. The summed E-state index contributed by atoms with van der Waals surface area (Å²) >= 11 is 5.18. The van der Waals surface area contributed by atoms with Gasteiger partial charge in [-0.3, -0.25) is 4.79 Å². The predicted molar refractivity (Wildman–Crippen MR) is 67.0 cm³/mol. The van der Waals surface area contributed by atoms with E-state index in [0.717, 1.165) is 24.2 Å². The fourth-order valence-electron chi connectivity index (χ4n) is 1.37. The molecule has 1 amide bonds. The van der Waals surface area contributed by atoms with E-state index in [-0.39, 0.29) is 11.4 Å². The fraction of sp³-hybridized carbons (Fsp3) is 0.667. The van der Waals surface area contributed by atoms with Crippen molar-refractivity contribution < 1.29 is 4.79 Å². The molecule has 90 valence electrons. The molecular formula is C9H16N4OS2. The number of thiol groups is 1. The monoisotopic (exact) mass is 260 g/mol. The van der Waals surface area contributed by atoms with E-state index in [9.17, 15) is 4.79 Å². The lowest BCUT2D eigenvalue weighted by molar-refractivity contribution is 0.0894. The number of carbonyl (C=O) groups excluding carboxylic acids is 1. The van der Waals surface area contributed by atoms with Gasteiger partial charge in [-0.05, 0) is 12.8 Å². The zero-order valence-electron chi connectivity index (χ0n) is 9.36. The number of nitrogens with two attached hydrogens (primary N) is 1. The number of amides is 1. The van der Waals surface area contributed by atoms with Crippen LogP contribution >= 0.6 is 24.0 Å². The summed E-state index contributed by atoms with van der Waals surface area (Å²) in [6.45, 7) is 4.42. The Morgan fingerprint density at radius 1 is 1.50 bits per heavy atom. The first kappa shape index (κ1) is 13.4. The van der Waals surface area contributed by atoms with E-state index < -0.39 is 0 Å². The lowest BCUT2D eigenvalue weighted by Crippen LogP contribution is -2.52. The molecule has 0 aliphatic carbocycles. The van der Waals surface area contributed by atoms with E-state index in [2.05, 4.69) is 28.1 Å². The molecule has 5 nitrogen and oxygen atoms in total. The van der Waals surface area contributed by atoms with E-state index in [1.54, 1.807) is 0 Å². The molecule has 1 heterocycles. The van der Waals surface area contributed by atoms with Crippen LogP contribution in [0, 0.1) is 0 Å². The molecule has 1 aromatic heterocycles. The van der Waals surface area contributed by atoms with E-state index in [1.807, 2.05) is 13.8 Å². The van der Waals surface area contributed by atoms with Crippen LogP contribution in [-0.4, -0.2) is 28.2 Å². The second-order valence-corrected chi connectivity index (χ2v) is 5.24. The summed E-state index contributed by atoms with van der Waals surface area (Å²) in [7, 11) is 0. The van der Waals surface area contributed by atoms with Crippen molar-refractivity contribution in [2.45, 2.75) is 36.6 Å². The Morgan fingerprint density at radius 3 is 2.50 bits per heavy atom. The summed E-state index contributed by atoms with van der Waals surface area (Å²) in [4.78, 5) is 11.9. The van der Waals surface area contributed by atoms with Crippen LogP contribution in [0.3, 0.4) is 0 Å². The Morgan fingerprint density at radius 2 is 2.12 bits per heavy atom. The molecule has 1 rings (SSSR count). The van der Waals surface area contributed by atoms with Gasteiger partial charge in [-0.15, -0.1) is 22.8 Å². The van der Waals surface area contributed by atoms with Gasteiger partial charge in [0.15, 0.2) is 4.34 Å². The van der Waals surface area contributed by atoms with Gasteiger partial charge in [0.25, 0.3) is 5.91 Å². The lowest BCUT2D eigenvalue weighted by atomic mass is 9.93. The van der Waals surface area contributed by atoms with Crippen LogP contribution in [0.15, 0.2) is 4.34 Å². The molecule has 0 fully saturated rings. The maximum Gasteiger partial charge on any atom is 0.282 e. The molecule has 0 aliphatic heterocycles. The molecule has 3 N–H and O–H groups in total. The van der Waals surface area contributed by atoms with E-state index in [4.69, 9.17) is 5.73 Å². The van der Waals surface area contributed by atoms with Gasteiger partial charge in [-0.2, -0.15) is 0 Å². The number of nitrogens with zero attached hydrogens (tertiary/aromatic N) is 2. The van der Waals surface area contributed by atoms with Crippen molar-refractivity contribution >= 4 is 29.9 Å². The molecule has 0 unspecified atom stereocenters. The largest absolute Gasteiger partial charge is 0.343 e. The molecule has 0 saturated heterocycles.